The summed E-state index contributed by atoms with van der Waals surface area (Å²) < 4.78 is 0. The molecule has 0 aliphatic heterocycles. The van der Waals surface area contributed by atoms with Gasteiger partial charge in [-0.3, -0.25) is 0 Å². The molecule has 0 saturated heterocycles. The zero-order valence-corrected chi connectivity index (χ0v) is 5.35. The Balaban J connectivity index is 2.34. The van der Waals surface area contributed by atoms with E-state index in [0.29, 0.717) is 0 Å². The first kappa shape index (κ1) is 6.41. The summed E-state index contributed by atoms with van der Waals surface area (Å²) in [6, 6.07) is 0. The Morgan fingerprint density at radius 3 is 2.33 bits per heavy atom. The molecular formula is C4H11BS. The minimum absolute atomic E-state index is 1.27. The topological polar surface area (TPSA) is 0 Å². The molecule has 0 spiro atoms. The molecule has 0 atom stereocenters. The molecule has 0 unspecified atom stereocenters. The lowest BCUT2D eigenvalue weighted by Gasteiger charge is -1.84. The zero-order valence-electron chi connectivity index (χ0n) is 4.53. The fraction of sp³-hybridized carbons (Fsp3) is 1.00. The molecule has 2 heteroatoms. The van der Waals surface area contributed by atoms with Crippen LogP contribution >= 0.6 is 11.6 Å². The zero-order chi connectivity index (χ0) is 4.83. The normalized spacial score (nSPS) is 8.33. The third-order valence-electron chi connectivity index (χ3n) is 0.553. The molecule has 0 aliphatic carbocycles. The highest BCUT2D eigenvalue weighted by molar-refractivity contribution is 8.22. The Labute approximate surface area is 44.8 Å². The van der Waals surface area contributed by atoms with E-state index in [-0.39, 0.29) is 0 Å². The molecule has 0 aromatic heterocycles. The van der Waals surface area contributed by atoms with E-state index in [1.807, 2.05) is 11.6 Å². The smallest absolute Gasteiger partial charge is 0.191 e. The molecule has 0 aliphatic rings. The molecule has 0 radical (unpaired) electrons. The van der Waals surface area contributed by atoms with E-state index in [9.17, 15) is 0 Å². The molecule has 0 N–H and O–H groups in total. The quantitative estimate of drug-likeness (QED) is 0.384. The second kappa shape index (κ2) is 5.41. The van der Waals surface area contributed by atoms with Gasteiger partial charge in [-0.2, -0.15) is 0 Å². The van der Waals surface area contributed by atoms with Gasteiger partial charge in [-0.15, -0.1) is 0 Å². The predicted octanol–water partition coefficient (Wildman–Crippen LogP) is 1.53. The second-order valence-corrected chi connectivity index (χ2v) is 2.59. The van der Waals surface area contributed by atoms with Crippen LogP contribution in [-0.2, 0) is 0 Å². The van der Waals surface area contributed by atoms with Crippen LogP contribution in [0, 0.1) is 0 Å². The van der Waals surface area contributed by atoms with E-state index >= 15 is 0 Å². The van der Waals surface area contributed by atoms with Crippen molar-refractivity contribution >= 4 is 18.2 Å². The molecule has 0 saturated carbocycles. The maximum absolute atomic E-state index is 2.21. The Kier molecular flexibility index (Phi) is 5.79. The van der Waals surface area contributed by atoms with E-state index in [1.165, 1.54) is 18.6 Å². The van der Waals surface area contributed by atoms with Gasteiger partial charge in [0.1, 0.15) is 0 Å². The molecule has 0 bridgehead atoms. The van der Waals surface area contributed by atoms with Crippen LogP contribution in [0.4, 0.5) is 0 Å². The van der Waals surface area contributed by atoms with Gasteiger partial charge in [-0.1, -0.05) is 20.2 Å². The number of hydrogen-bond donors (Lipinski definition) is 0. The number of hydrogen-bond acceptors (Lipinski definition) is 1. The van der Waals surface area contributed by atoms with Crippen molar-refractivity contribution in [2.24, 2.45) is 0 Å². The highest BCUT2D eigenvalue weighted by Crippen LogP contribution is 1.95. The van der Waals surface area contributed by atoms with Crippen molar-refractivity contribution in [3.05, 3.63) is 0 Å². The summed E-state index contributed by atoms with van der Waals surface area (Å²) in [7, 11) is 0. The van der Waals surface area contributed by atoms with Gasteiger partial charge in [0, 0.05) is 0 Å². The largest absolute Gasteiger partial charge is 0.215 e. The van der Waals surface area contributed by atoms with E-state index < -0.39 is 0 Å². The second-order valence-electron chi connectivity index (χ2n) is 1.20. The fourth-order valence-corrected chi connectivity index (χ4v) is 0.866. The van der Waals surface area contributed by atoms with E-state index in [2.05, 4.69) is 13.8 Å². The molecule has 6 heavy (non-hydrogen) atoms. The molecule has 0 fully saturated rings. The van der Waals surface area contributed by atoms with Gasteiger partial charge in [-0.25, -0.2) is 11.6 Å². The maximum atomic E-state index is 2.21. The average molecular weight is 102 g/mol. The Bertz CT molecular complexity index is 19.5. The molecular weight excluding hydrogens is 90.9 g/mol. The van der Waals surface area contributed by atoms with Crippen molar-refractivity contribution in [1.29, 1.82) is 0 Å². The van der Waals surface area contributed by atoms with Crippen molar-refractivity contribution < 1.29 is 0 Å². The van der Waals surface area contributed by atoms with Crippen LogP contribution in [0.5, 0.6) is 0 Å². The lowest BCUT2D eigenvalue weighted by molar-refractivity contribution is 1.47. The summed E-state index contributed by atoms with van der Waals surface area (Å²) in [5, 5.41) is 0. The van der Waals surface area contributed by atoms with Crippen LogP contribution in [0.15, 0.2) is 0 Å². The minimum Gasteiger partial charge on any atom is -0.215 e. The first-order valence-corrected chi connectivity index (χ1v) is 3.65. The molecule has 0 amide bonds. The molecule has 0 nitrogen and oxygen atoms in total. The average Bonchev–Trinajstić information content (AvgIpc) is 1.61. The van der Waals surface area contributed by atoms with Crippen molar-refractivity contribution in [2.75, 3.05) is 5.75 Å². The van der Waals surface area contributed by atoms with Crippen molar-refractivity contribution in [1.82, 2.24) is 0 Å². The lowest BCUT2D eigenvalue weighted by atomic mass is 10.1. The van der Waals surface area contributed by atoms with Crippen molar-refractivity contribution in [3.8, 4) is 0 Å². The summed E-state index contributed by atoms with van der Waals surface area (Å²) in [6.45, 7) is 5.74. The highest BCUT2D eigenvalue weighted by atomic mass is 32.2. The van der Waals surface area contributed by atoms with Gasteiger partial charge < -0.3 is 0 Å². The minimum atomic E-state index is 1.27. The Morgan fingerprint density at radius 2 is 2.17 bits per heavy atom. The predicted molar refractivity (Wildman–Crippen MR) is 35.8 cm³/mol. The first-order valence-electron chi connectivity index (χ1n) is 2.49. The Morgan fingerprint density at radius 1 is 1.50 bits per heavy atom. The van der Waals surface area contributed by atoms with Gasteiger partial charge in [0.2, 0.25) is 0 Å². The standard InChI is InChI=1S/C4H11BS/c1-3-5-6-4-2/h5H,3-4H2,1-2H3. The lowest BCUT2D eigenvalue weighted by Crippen LogP contribution is -1.76. The SMILES string of the molecule is CCBSCC. The van der Waals surface area contributed by atoms with Crippen LogP contribution < -0.4 is 0 Å². The maximum Gasteiger partial charge on any atom is 0.191 e. The van der Waals surface area contributed by atoms with Crippen LogP contribution in [-0.4, -0.2) is 12.3 Å². The third-order valence-corrected chi connectivity index (χ3v) is 1.66. The third kappa shape index (κ3) is 4.41. The van der Waals surface area contributed by atoms with Crippen LogP contribution in [0.3, 0.4) is 0 Å². The van der Waals surface area contributed by atoms with E-state index in [1.54, 1.807) is 0 Å². The van der Waals surface area contributed by atoms with Gasteiger partial charge in [0.25, 0.3) is 0 Å². The monoisotopic (exact) mass is 102 g/mol. The van der Waals surface area contributed by atoms with Crippen LogP contribution in [0.25, 0.3) is 0 Å². The Hall–Kier alpha value is 0.415. The molecule has 36 valence electrons. The molecule has 0 aromatic carbocycles. The first-order chi connectivity index (χ1) is 2.91. The summed E-state index contributed by atoms with van der Waals surface area (Å²) >= 11 is 2.01. The van der Waals surface area contributed by atoms with E-state index in [0.717, 1.165) is 0 Å². The van der Waals surface area contributed by atoms with Crippen LogP contribution in [0.1, 0.15) is 13.8 Å². The highest BCUT2D eigenvalue weighted by Gasteiger charge is 1.79. The summed E-state index contributed by atoms with van der Waals surface area (Å²) in [4.78, 5) is 0. The molecule has 0 aromatic rings. The van der Waals surface area contributed by atoms with Crippen molar-refractivity contribution in [2.45, 2.75) is 20.2 Å². The summed E-state index contributed by atoms with van der Waals surface area (Å²) in [6.07, 6.45) is 1.32. The van der Waals surface area contributed by atoms with Crippen molar-refractivity contribution in [3.63, 3.8) is 0 Å². The van der Waals surface area contributed by atoms with Gasteiger partial charge in [-0.05, 0) is 5.75 Å². The summed E-state index contributed by atoms with van der Waals surface area (Å²) in [5.74, 6) is 1.27. The van der Waals surface area contributed by atoms with E-state index in [4.69, 9.17) is 0 Å². The molecule has 0 rings (SSSR count). The van der Waals surface area contributed by atoms with Gasteiger partial charge in [0.05, 0.1) is 0 Å². The van der Waals surface area contributed by atoms with Crippen LogP contribution in [0.2, 0.25) is 6.32 Å². The fourth-order valence-electron chi connectivity index (χ4n) is 0.289. The van der Waals surface area contributed by atoms with Gasteiger partial charge >= 0.3 is 0 Å². The molecule has 0 heterocycles. The summed E-state index contributed by atoms with van der Waals surface area (Å²) in [5.41, 5.74) is 0. The van der Waals surface area contributed by atoms with Gasteiger partial charge in [0.15, 0.2) is 6.56 Å². The number of rotatable bonds is 3.